The molecule has 2 rings (SSSR count). The van der Waals surface area contributed by atoms with Crippen molar-refractivity contribution in [1.82, 2.24) is 5.32 Å². The summed E-state index contributed by atoms with van der Waals surface area (Å²) in [7, 11) is 0. The van der Waals surface area contributed by atoms with E-state index in [9.17, 15) is 4.39 Å². The van der Waals surface area contributed by atoms with E-state index in [4.69, 9.17) is 0 Å². The minimum absolute atomic E-state index is 0.0735. The Morgan fingerprint density at radius 3 is 2.90 bits per heavy atom. The van der Waals surface area contributed by atoms with Crippen molar-refractivity contribution in [2.45, 2.75) is 46.6 Å². The molecule has 0 radical (unpaired) electrons. The highest BCUT2D eigenvalue weighted by Crippen LogP contribution is 2.30. The Balaban J connectivity index is 2.13. The molecule has 1 saturated heterocycles. The third-order valence-corrected chi connectivity index (χ3v) is 4.35. The van der Waals surface area contributed by atoms with Crippen molar-refractivity contribution in [3.63, 3.8) is 0 Å². The van der Waals surface area contributed by atoms with Crippen molar-refractivity contribution in [2.75, 3.05) is 24.5 Å². The second-order valence-electron chi connectivity index (χ2n) is 6.63. The van der Waals surface area contributed by atoms with E-state index in [1.54, 1.807) is 6.07 Å². The molecule has 0 bridgehead atoms. The molecule has 0 saturated carbocycles. The van der Waals surface area contributed by atoms with Crippen LogP contribution in [-0.2, 0) is 6.54 Å². The minimum Gasteiger partial charge on any atom is -0.369 e. The van der Waals surface area contributed by atoms with E-state index in [2.05, 4.69) is 37.1 Å². The normalized spacial score (nSPS) is 19.3. The van der Waals surface area contributed by atoms with Crippen molar-refractivity contribution >= 4 is 5.69 Å². The lowest BCUT2D eigenvalue weighted by Crippen LogP contribution is -2.36. The predicted octanol–water partition coefficient (Wildman–Crippen LogP) is 4.20. The fourth-order valence-electron chi connectivity index (χ4n) is 3.15. The van der Waals surface area contributed by atoms with Crippen molar-refractivity contribution < 1.29 is 4.39 Å². The Labute approximate surface area is 128 Å². The first kappa shape index (κ1) is 16.3. The van der Waals surface area contributed by atoms with E-state index >= 15 is 0 Å². The second-order valence-corrected chi connectivity index (χ2v) is 6.63. The second kappa shape index (κ2) is 7.79. The zero-order valence-electron chi connectivity index (χ0n) is 13.7. The van der Waals surface area contributed by atoms with Gasteiger partial charge in [0, 0.05) is 19.6 Å². The lowest BCUT2D eigenvalue weighted by atomic mass is 9.94. The Bertz CT molecular complexity index is 445. The average Bonchev–Trinajstić information content (AvgIpc) is 2.47. The number of benzene rings is 1. The first-order valence-corrected chi connectivity index (χ1v) is 8.34. The Morgan fingerprint density at radius 2 is 2.19 bits per heavy atom. The quantitative estimate of drug-likeness (QED) is 0.845. The van der Waals surface area contributed by atoms with Crippen LogP contribution in [0.1, 0.15) is 45.6 Å². The summed E-state index contributed by atoms with van der Waals surface area (Å²) in [5, 5.41) is 3.44. The number of anilines is 1. The first-order valence-electron chi connectivity index (χ1n) is 8.34. The van der Waals surface area contributed by atoms with Crippen LogP contribution >= 0.6 is 0 Å². The number of hydrogen-bond acceptors (Lipinski definition) is 2. The molecule has 1 N–H and O–H groups in total. The van der Waals surface area contributed by atoms with Crippen LogP contribution in [0.3, 0.4) is 0 Å². The van der Waals surface area contributed by atoms with E-state index in [0.29, 0.717) is 11.8 Å². The van der Waals surface area contributed by atoms with Crippen molar-refractivity contribution in [3.05, 3.63) is 29.6 Å². The van der Waals surface area contributed by atoms with Gasteiger partial charge < -0.3 is 10.2 Å². The third-order valence-electron chi connectivity index (χ3n) is 4.35. The Hall–Kier alpha value is -1.09. The molecule has 118 valence electrons. The van der Waals surface area contributed by atoms with Gasteiger partial charge >= 0.3 is 0 Å². The van der Waals surface area contributed by atoms with Crippen LogP contribution < -0.4 is 10.2 Å². The summed E-state index contributed by atoms with van der Waals surface area (Å²) in [5.74, 6) is 1.24. The minimum atomic E-state index is -0.0735. The molecule has 1 aromatic rings. The maximum atomic E-state index is 14.4. The summed E-state index contributed by atoms with van der Waals surface area (Å²) in [4.78, 5) is 2.26. The lowest BCUT2D eigenvalue weighted by Gasteiger charge is -2.35. The van der Waals surface area contributed by atoms with E-state index in [-0.39, 0.29) is 5.82 Å². The van der Waals surface area contributed by atoms with E-state index in [1.165, 1.54) is 19.3 Å². The fraction of sp³-hybridized carbons (Fsp3) is 0.667. The third kappa shape index (κ3) is 4.44. The Kier molecular flexibility index (Phi) is 6.04. The number of nitrogens with one attached hydrogen (secondary N) is 1. The summed E-state index contributed by atoms with van der Waals surface area (Å²) < 4.78 is 14.4. The van der Waals surface area contributed by atoms with Gasteiger partial charge in [-0.25, -0.2) is 4.39 Å². The zero-order chi connectivity index (χ0) is 15.2. The summed E-state index contributed by atoms with van der Waals surface area (Å²) in [6, 6.07) is 5.48. The van der Waals surface area contributed by atoms with Crippen LogP contribution in [-0.4, -0.2) is 19.6 Å². The highest BCUT2D eigenvalue weighted by Gasteiger charge is 2.22. The molecule has 0 aromatic heterocycles. The highest BCUT2D eigenvalue weighted by atomic mass is 19.1. The molecule has 3 heteroatoms. The monoisotopic (exact) mass is 292 g/mol. The van der Waals surface area contributed by atoms with Crippen LogP contribution in [0.4, 0.5) is 10.1 Å². The van der Waals surface area contributed by atoms with Gasteiger partial charge in [-0.05, 0) is 42.9 Å². The van der Waals surface area contributed by atoms with Crippen LogP contribution in [0.25, 0.3) is 0 Å². The van der Waals surface area contributed by atoms with Gasteiger partial charge in [-0.3, -0.25) is 0 Å². The molecule has 0 amide bonds. The van der Waals surface area contributed by atoms with Gasteiger partial charge in [0.15, 0.2) is 0 Å². The lowest BCUT2D eigenvalue weighted by molar-refractivity contribution is 0.400. The van der Waals surface area contributed by atoms with E-state index in [1.807, 2.05) is 6.07 Å². The summed E-state index contributed by atoms with van der Waals surface area (Å²) >= 11 is 0. The molecule has 21 heavy (non-hydrogen) atoms. The molecule has 1 fully saturated rings. The zero-order valence-corrected chi connectivity index (χ0v) is 13.7. The average molecular weight is 292 g/mol. The Morgan fingerprint density at radius 1 is 1.38 bits per heavy atom. The molecular weight excluding hydrogens is 263 g/mol. The van der Waals surface area contributed by atoms with Crippen molar-refractivity contribution in [2.24, 2.45) is 11.8 Å². The van der Waals surface area contributed by atoms with Gasteiger partial charge in [0.05, 0.1) is 5.69 Å². The van der Waals surface area contributed by atoms with Crippen LogP contribution in [0.2, 0.25) is 0 Å². The fourth-order valence-corrected chi connectivity index (χ4v) is 3.15. The molecule has 0 aliphatic carbocycles. The highest BCUT2D eigenvalue weighted by molar-refractivity contribution is 5.55. The number of halogens is 1. The predicted molar refractivity (Wildman–Crippen MR) is 88.2 cm³/mol. The van der Waals surface area contributed by atoms with Crippen LogP contribution in [0.5, 0.6) is 0 Å². The summed E-state index contributed by atoms with van der Waals surface area (Å²) in [5.41, 5.74) is 1.92. The molecule has 1 aliphatic heterocycles. The van der Waals surface area contributed by atoms with Crippen molar-refractivity contribution in [3.8, 4) is 0 Å². The van der Waals surface area contributed by atoms with Gasteiger partial charge in [-0.15, -0.1) is 0 Å². The molecule has 1 unspecified atom stereocenters. The van der Waals surface area contributed by atoms with Crippen molar-refractivity contribution in [1.29, 1.82) is 0 Å². The number of piperidine rings is 1. The SMILES string of the molecule is CCC1CCCN(c2c(F)cccc2CNCC(C)C)C1. The standard InChI is InChI=1S/C18H29FN2/c1-4-15-7-6-10-21(13-15)18-16(8-5-9-17(18)19)12-20-11-14(2)3/h5,8-9,14-15,20H,4,6-7,10-13H2,1-3H3. The number of nitrogens with zero attached hydrogens (tertiary/aromatic N) is 1. The molecule has 1 aliphatic rings. The number of rotatable bonds is 6. The molecule has 1 heterocycles. The topological polar surface area (TPSA) is 15.3 Å². The molecule has 1 atom stereocenters. The largest absolute Gasteiger partial charge is 0.369 e. The van der Waals surface area contributed by atoms with Gasteiger partial charge in [-0.2, -0.15) is 0 Å². The number of hydrogen-bond donors (Lipinski definition) is 1. The maximum Gasteiger partial charge on any atom is 0.146 e. The molecule has 1 aromatic carbocycles. The van der Waals surface area contributed by atoms with Gasteiger partial charge in [-0.1, -0.05) is 39.3 Å². The van der Waals surface area contributed by atoms with E-state index in [0.717, 1.165) is 37.4 Å². The molecule has 0 spiro atoms. The van der Waals surface area contributed by atoms with Gasteiger partial charge in [0.1, 0.15) is 5.82 Å². The van der Waals surface area contributed by atoms with Gasteiger partial charge in [0.25, 0.3) is 0 Å². The smallest absolute Gasteiger partial charge is 0.146 e. The maximum absolute atomic E-state index is 14.4. The van der Waals surface area contributed by atoms with Crippen LogP contribution in [0, 0.1) is 17.7 Å². The first-order chi connectivity index (χ1) is 10.1. The number of para-hydroxylation sites is 1. The summed E-state index contributed by atoms with van der Waals surface area (Å²) in [6.45, 7) is 10.3. The molecular formula is C18H29FN2. The van der Waals surface area contributed by atoms with Gasteiger partial charge in [0.2, 0.25) is 0 Å². The summed E-state index contributed by atoms with van der Waals surface area (Å²) in [6.07, 6.45) is 3.64. The molecule has 2 nitrogen and oxygen atoms in total. The van der Waals surface area contributed by atoms with Crippen LogP contribution in [0.15, 0.2) is 18.2 Å². The van der Waals surface area contributed by atoms with E-state index < -0.39 is 0 Å².